The SMILES string of the molecule is Cc1ccsc1Oc1sccc1C. The summed E-state index contributed by atoms with van der Waals surface area (Å²) in [7, 11) is 0. The average Bonchev–Trinajstić information content (AvgIpc) is 2.65. The molecule has 2 heterocycles. The summed E-state index contributed by atoms with van der Waals surface area (Å²) >= 11 is 3.28. The van der Waals surface area contributed by atoms with Crippen LogP contribution in [0, 0.1) is 13.8 Å². The number of rotatable bonds is 2. The van der Waals surface area contributed by atoms with Crippen molar-refractivity contribution in [3.8, 4) is 10.1 Å². The zero-order valence-electron chi connectivity index (χ0n) is 7.53. The van der Waals surface area contributed by atoms with Gasteiger partial charge in [0.2, 0.25) is 0 Å². The Morgan fingerprint density at radius 1 is 0.923 bits per heavy atom. The van der Waals surface area contributed by atoms with Crippen molar-refractivity contribution in [2.45, 2.75) is 13.8 Å². The van der Waals surface area contributed by atoms with Gasteiger partial charge in [-0.15, -0.1) is 22.7 Å². The Morgan fingerprint density at radius 2 is 1.38 bits per heavy atom. The van der Waals surface area contributed by atoms with E-state index in [9.17, 15) is 0 Å². The Hall–Kier alpha value is -0.800. The Balaban J connectivity index is 2.24. The molecule has 68 valence electrons. The molecular formula is C10H10OS2. The van der Waals surface area contributed by atoms with Gasteiger partial charge in [0, 0.05) is 11.1 Å². The first kappa shape index (κ1) is 8.78. The standard InChI is InChI=1S/C10H10OS2/c1-7-3-5-12-9(7)11-10-8(2)4-6-13-10/h3-6H,1-2H3. The lowest BCUT2D eigenvalue weighted by Crippen LogP contribution is -1.80. The molecule has 2 aromatic heterocycles. The van der Waals surface area contributed by atoms with Gasteiger partial charge in [0.05, 0.1) is 0 Å². The predicted molar refractivity (Wildman–Crippen MR) is 58.2 cm³/mol. The molecule has 3 heteroatoms. The van der Waals surface area contributed by atoms with E-state index in [1.54, 1.807) is 22.7 Å². The van der Waals surface area contributed by atoms with Crippen LogP contribution < -0.4 is 4.74 Å². The van der Waals surface area contributed by atoms with Gasteiger partial charge in [0.1, 0.15) is 0 Å². The van der Waals surface area contributed by atoms with Crippen LogP contribution in [-0.4, -0.2) is 0 Å². The number of thiophene rings is 2. The molecule has 2 rings (SSSR count). The van der Waals surface area contributed by atoms with E-state index >= 15 is 0 Å². The van der Waals surface area contributed by atoms with E-state index in [4.69, 9.17) is 4.74 Å². The van der Waals surface area contributed by atoms with Crippen LogP contribution in [0.5, 0.6) is 10.1 Å². The van der Waals surface area contributed by atoms with E-state index in [-0.39, 0.29) is 0 Å². The van der Waals surface area contributed by atoms with E-state index in [0.29, 0.717) is 0 Å². The molecule has 0 bridgehead atoms. The van der Waals surface area contributed by atoms with Crippen molar-refractivity contribution in [3.63, 3.8) is 0 Å². The largest absolute Gasteiger partial charge is 0.435 e. The molecule has 0 N–H and O–H groups in total. The lowest BCUT2D eigenvalue weighted by atomic mass is 10.4. The molecule has 0 saturated carbocycles. The molecule has 0 radical (unpaired) electrons. The number of hydrogen-bond donors (Lipinski definition) is 0. The van der Waals surface area contributed by atoms with Gasteiger partial charge < -0.3 is 4.74 Å². The van der Waals surface area contributed by atoms with E-state index in [1.807, 2.05) is 10.8 Å². The fourth-order valence-corrected chi connectivity index (χ4v) is 2.63. The molecule has 0 atom stereocenters. The molecule has 1 nitrogen and oxygen atoms in total. The average molecular weight is 210 g/mol. The Morgan fingerprint density at radius 3 is 1.69 bits per heavy atom. The maximum absolute atomic E-state index is 5.76. The second-order valence-electron chi connectivity index (χ2n) is 2.88. The van der Waals surface area contributed by atoms with Gasteiger partial charge in [-0.1, -0.05) is 0 Å². The monoisotopic (exact) mass is 210 g/mol. The molecule has 0 aromatic carbocycles. The third kappa shape index (κ3) is 1.76. The predicted octanol–water partition coefficient (Wildman–Crippen LogP) is 4.22. The first-order valence-electron chi connectivity index (χ1n) is 4.03. The minimum Gasteiger partial charge on any atom is -0.435 e. The van der Waals surface area contributed by atoms with Gasteiger partial charge >= 0.3 is 0 Å². The van der Waals surface area contributed by atoms with Crippen LogP contribution in [0.25, 0.3) is 0 Å². The topological polar surface area (TPSA) is 9.23 Å². The molecule has 0 amide bonds. The Bertz CT molecular complexity index is 362. The molecule has 0 aliphatic rings. The van der Waals surface area contributed by atoms with Crippen LogP contribution >= 0.6 is 22.7 Å². The molecule has 13 heavy (non-hydrogen) atoms. The van der Waals surface area contributed by atoms with Gasteiger partial charge in [0.25, 0.3) is 0 Å². The highest BCUT2D eigenvalue weighted by Crippen LogP contribution is 2.35. The lowest BCUT2D eigenvalue weighted by Gasteiger charge is -2.01. The van der Waals surface area contributed by atoms with Crippen LogP contribution in [0.2, 0.25) is 0 Å². The van der Waals surface area contributed by atoms with Crippen molar-refractivity contribution < 1.29 is 4.74 Å². The quantitative estimate of drug-likeness (QED) is 0.721. The molecule has 0 fully saturated rings. The van der Waals surface area contributed by atoms with Crippen LogP contribution in [0.15, 0.2) is 22.9 Å². The summed E-state index contributed by atoms with van der Waals surface area (Å²) in [5.74, 6) is 0. The Kier molecular flexibility index (Phi) is 2.38. The van der Waals surface area contributed by atoms with Crippen LogP contribution in [0.1, 0.15) is 11.1 Å². The van der Waals surface area contributed by atoms with Crippen molar-refractivity contribution in [2.75, 3.05) is 0 Å². The van der Waals surface area contributed by atoms with Crippen LogP contribution in [-0.2, 0) is 0 Å². The second kappa shape index (κ2) is 3.52. The minimum absolute atomic E-state index is 1.01. The van der Waals surface area contributed by atoms with E-state index in [0.717, 1.165) is 10.1 Å². The van der Waals surface area contributed by atoms with Gasteiger partial charge in [0.15, 0.2) is 10.1 Å². The smallest absolute Gasteiger partial charge is 0.185 e. The van der Waals surface area contributed by atoms with Gasteiger partial charge in [-0.05, 0) is 36.7 Å². The molecule has 0 saturated heterocycles. The van der Waals surface area contributed by atoms with Gasteiger partial charge in [-0.25, -0.2) is 0 Å². The highest BCUT2D eigenvalue weighted by atomic mass is 32.1. The first-order valence-corrected chi connectivity index (χ1v) is 5.79. The molecular weight excluding hydrogens is 200 g/mol. The van der Waals surface area contributed by atoms with Crippen molar-refractivity contribution in [1.29, 1.82) is 0 Å². The van der Waals surface area contributed by atoms with Gasteiger partial charge in [-0.2, -0.15) is 0 Å². The minimum atomic E-state index is 1.01. The fraction of sp³-hybridized carbons (Fsp3) is 0.200. The summed E-state index contributed by atoms with van der Waals surface area (Å²) in [5, 5.41) is 6.11. The van der Waals surface area contributed by atoms with Crippen molar-refractivity contribution >= 4 is 22.7 Å². The summed E-state index contributed by atoms with van der Waals surface area (Å²) in [5.41, 5.74) is 2.41. The van der Waals surface area contributed by atoms with E-state index in [1.165, 1.54) is 11.1 Å². The van der Waals surface area contributed by atoms with Crippen LogP contribution in [0.3, 0.4) is 0 Å². The van der Waals surface area contributed by atoms with E-state index in [2.05, 4.69) is 26.0 Å². The highest BCUT2D eigenvalue weighted by molar-refractivity contribution is 7.13. The molecule has 0 aliphatic carbocycles. The maximum atomic E-state index is 5.76. The maximum Gasteiger partial charge on any atom is 0.185 e. The van der Waals surface area contributed by atoms with E-state index < -0.39 is 0 Å². The second-order valence-corrected chi connectivity index (χ2v) is 4.64. The van der Waals surface area contributed by atoms with Crippen molar-refractivity contribution in [1.82, 2.24) is 0 Å². The normalized spacial score (nSPS) is 10.3. The fourth-order valence-electron chi connectivity index (χ4n) is 1.01. The number of hydrogen-bond acceptors (Lipinski definition) is 3. The third-order valence-corrected chi connectivity index (χ3v) is 3.60. The molecule has 2 aromatic rings. The molecule has 0 spiro atoms. The first-order chi connectivity index (χ1) is 6.27. The molecule has 0 unspecified atom stereocenters. The molecule has 0 aliphatic heterocycles. The zero-order chi connectivity index (χ0) is 9.26. The Labute approximate surface area is 85.6 Å². The lowest BCUT2D eigenvalue weighted by molar-refractivity contribution is 0.504. The summed E-state index contributed by atoms with van der Waals surface area (Å²) in [4.78, 5) is 0. The zero-order valence-corrected chi connectivity index (χ0v) is 9.17. The summed E-state index contributed by atoms with van der Waals surface area (Å²) in [6.07, 6.45) is 0. The summed E-state index contributed by atoms with van der Waals surface area (Å²) in [6.45, 7) is 4.13. The number of ether oxygens (including phenoxy) is 1. The summed E-state index contributed by atoms with van der Waals surface area (Å²) in [6, 6.07) is 4.14. The third-order valence-electron chi connectivity index (χ3n) is 1.82. The number of aryl methyl sites for hydroxylation is 2. The highest BCUT2D eigenvalue weighted by Gasteiger charge is 2.05. The summed E-state index contributed by atoms with van der Waals surface area (Å²) < 4.78 is 5.76. The van der Waals surface area contributed by atoms with Crippen molar-refractivity contribution in [3.05, 3.63) is 34.0 Å². The van der Waals surface area contributed by atoms with Gasteiger partial charge in [-0.3, -0.25) is 0 Å². The van der Waals surface area contributed by atoms with Crippen molar-refractivity contribution in [2.24, 2.45) is 0 Å². The van der Waals surface area contributed by atoms with Crippen LogP contribution in [0.4, 0.5) is 0 Å².